The summed E-state index contributed by atoms with van der Waals surface area (Å²) >= 11 is 0. The molecule has 1 amide bonds. The predicted molar refractivity (Wildman–Crippen MR) is 121 cm³/mol. The molecule has 3 N–H and O–H groups in total. The van der Waals surface area contributed by atoms with E-state index >= 15 is 0 Å². The molecule has 0 unspecified atom stereocenters. The fourth-order valence-electron chi connectivity index (χ4n) is 3.24. The number of carboxylic acids is 1. The fourth-order valence-corrected chi connectivity index (χ4v) is 3.24. The van der Waals surface area contributed by atoms with Gasteiger partial charge in [0.05, 0.1) is 5.39 Å². The summed E-state index contributed by atoms with van der Waals surface area (Å²) in [6.07, 6.45) is 0. The van der Waals surface area contributed by atoms with Crippen molar-refractivity contribution < 1.29 is 29.0 Å². The SMILES string of the molecule is C[C@H](NC(=O)c1c(O)c2ccc(-c3ccc(Oc4ccccc4)cc3)cc2oc1=O)C(=O)O. The van der Waals surface area contributed by atoms with Crippen molar-refractivity contribution in [3.63, 3.8) is 0 Å². The van der Waals surface area contributed by atoms with Crippen LogP contribution in [0.4, 0.5) is 0 Å². The second-order valence-electron chi connectivity index (χ2n) is 7.30. The molecule has 4 rings (SSSR count). The first-order valence-electron chi connectivity index (χ1n) is 10.0. The molecule has 3 aromatic carbocycles. The Morgan fingerprint density at radius 2 is 1.58 bits per heavy atom. The van der Waals surface area contributed by atoms with E-state index in [0.717, 1.165) is 5.56 Å². The molecule has 0 aliphatic carbocycles. The van der Waals surface area contributed by atoms with Crippen LogP contribution < -0.4 is 15.7 Å². The summed E-state index contributed by atoms with van der Waals surface area (Å²) in [5.74, 6) is -1.52. The minimum Gasteiger partial charge on any atom is -0.506 e. The number of benzene rings is 3. The molecule has 8 heteroatoms. The van der Waals surface area contributed by atoms with Gasteiger partial charge in [-0.1, -0.05) is 36.4 Å². The molecular weight excluding hydrogens is 426 g/mol. The molecule has 0 aliphatic rings. The Morgan fingerprint density at radius 3 is 2.24 bits per heavy atom. The number of carbonyl (C=O) groups excluding carboxylic acids is 1. The first kappa shape index (κ1) is 21.6. The van der Waals surface area contributed by atoms with Gasteiger partial charge in [0, 0.05) is 0 Å². The Hall–Kier alpha value is -4.59. The van der Waals surface area contributed by atoms with Crippen molar-refractivity contribution in [2.24, 2.45) is 0 Å². The van der Waals surface area contributed by atoms with Gasteiger partial charge in [0.15, 0.2) is 5.56 Å². The molecular formula is C25H19NO7. The Morgan fingerprint density at radius 1 is 0.939 bits per heavy atom. The zero-order chi connectivity index (χ0) is 23.5. The van der Waals surface area contributed by atoms with E-state index < -0.39 is 34.9 Å². The van der Waals surface area contributed by atoms with E-state index in [1.807, 2.05) is 42.5 Å². The number of carbonyl (C=O) groups is 2. The molecule has 8 nitrogen and oxygen atoms in total. The lowest BCUT2D eigenvalue weighted by atomic mass is 10.0. The topological polar surface area (TPSA) is 126 Å². The van der Waals surface area contributed by atoms with Gasteiger partial charge < -0.3 is 24.7 Å². The van der Waals surface area contributed by atoms with Crippen LogP contribution in [0.2, 0.25) is 0 Å². The highest BCUT2D eigenvalue weighted by Crippen LogP contribution is 2.31. The monoisotopic (exact) mass is 445 g/mol. The number of fused-ring (bicyclic) bond motifs is 1. The molecule has 0 fully saturated rings. The maximum absolute atomic E-state index is 12.4. The van der Waals surface area contributed by atoms with Crippen LogP contribution in [0, 0.1) is 0 Å². The van der Waals surface area contributed by atoms with E-state index in [4.69, 9.17) is 14.3 Å². The van der Waals surface area contributed by atoms with Crippen molar-refractivity contribution in [3.8, 4) is 28.4 Å². The number of nitrogens with one attached hydrogen (secondary N) is 1. The Kier molecular flexibility index (Phi) is 5.82. The maximum Gasteiger partial charge on any atom is 0.353 e. The molecule has 0 saturated heterocycles. The third kappa shape index (κ3) is 4.54. The number of para-hydroxylation sites is 1. The van der Waals surface area contributed by atoms with Gasteiger partial charge in [-0.15, -0.1) is 0 Å². The van der Waals surface area contributed by atoms with Crippen LogP contribution in [-0.4, -0.2) is 28.1 Å². The van der Waals surface area contributed by atoms with Gasteiger partial charge in [-0.05, 0) is 54.4 Å². The van der Waals surface area contributed by atoms with Crippen molar-refractivity contribution >= 4 is 22.8 Å². The number of amides is 1. The molecule has 0 spiro atoms. The minimum absolute atomic E-state index is 0.0856. The van der Waals surface area contributed by atoms with Gasteiger partial charge in [0.2, 0.25) is 0 Å². The first-order valence-corrected chi connectivity index (χ1v) is 10.0. The number of hydrogen-bond donors (Lipinski definition) is 3. The second-order valence-corrected chi connectivity index (χ2v) is 7.30. The molecule has 166 valence electrons. The third-order valence-corrected chi connectivity index (χ3v) is 4.99. The van der Waals surface area contributed by atoms with Crippen LogP contribution in [0.25, 0.3) is 22.1 Å². The summed E-state index contributed by atoms with van der Waals surface area (Å²) in [7, 11) is 0. The summed E-state index contributed by atoms with van der Waals surface area (Å²) in [5, 5.41) is 21.7. The van der Waals surface area contributed by atoms with Gasteiger partial charge in [0.1, 0.15) is 28.9 Å². The summed E-state index contributed by atoms with van der Waals surface area (Å²) < 4.78 is 11.0. The summed E-state index contributed by atoms with van der Waals surface area (Å²) in [6.45, 7) is 1.24. The van der Waals surface area contributed by atoms with E-state index in [0.29, 0.717) is 17.1 Å². The number of aliphatic carboxylic acids is 1. The molecule has 33 heavy (non-hydrogen) atoms. The Bertz CT molecular complexity index is 1390. The highest BCUT2D eigenvalue weighted by atomic mass is 16.5. The van der Waals surface area contributed by atoms with Crippen molar-refractivity contribution in [1.82, 2.24) is 5.32 Å². The molecule has 1 aromatic heterocycles. The summed E-state index contributed by atoms with van der Waals surface area (Å²) in [4.78, 5) is 35.6. The van der Waals surface area contributed by atoms with E-state index in [-0.39, 0.29) is 11.0 Å². The molecule has 1 heterocycles. The third-order valence-electron chi connectivity index (χ3n) is 4.99. The van der Waals surface area contributed by atoms with E-state index in [2.05, 4.69) is 5.32 Å². The highest BCUT2D eigenvalue weighted by molar-refractivity contribution is 6.03. The molecule has 0 aliphatic heterocycles. The standard InChI is InChI=1S/C25H19NO7/c1-14(24(29)30)26-23(28)21-22(27)19-12-9-16(13-20(19)33-25(21)31)15-7-10-18(11-8-15)32-17-5-3-2-4-6-17/h2-14,27H,1H3,(H,26,28)(H,29,30)/t14-/m0/s1. The number of rotatable bonds is 6. The highest BCUT2D eigenvalue weighted by Gasteiger charge is 2.24. The molecule has 1 atom stereocenters. The quantitative estimate of drug-likeness (QED) is 0.380. The van der Waals surface area contributed by atoms with E-state index in [1.165, 1.54) is 13.0 Å². The predicted octanol–water partition coefficient (Wildman–Crippen LogP) is 4.16. The maximum atomic E-state index is 12.4. The number of ether oxygens (including phenoxy) is 1. The van der Waals surface area contributed by atoms with Crippen LogP contribution >= 0.6 is 0 Å². The fraction of sp³-hybridized carbons (Fsp3) is 0.0800. The first-order chi connectivity index (χ1) is 15.8. The number of hydrogen-bond acceptors (Lipinski definition) is 6. The lowest BCUT2D eigenvalue weighted by molar-refractivity contribution is -0.138. The van der Waals surface area contributed by atoms with Crippen LogP contribution in [-0.2, 0) is 4.79 Å². The summed E-state index contributed by atoms with van der Waals surface area (Å²) in [5.41, 5.74) is -0.100. The lowest BCUT2D eigenvalue weighted by Crippen LogP contribution is -2.40. The molecule has 0 bridgehead atoms. The van der Waals surface area contributed by atoms with Crippen LogP contribution in [0.1, 0.15) is 17.3 Å². The summed E-state index contributed by atoms with van der Waals surface area (Å²) in [6, 6.07) is 20.2. The van der Waals surface area contributed by atoms with Gasteiger partial charge in [-0.25, -0.2) is 4.79 Å². The van der Waals surface area contributed by atoms with Crippen LogP contribution in [0.5, 0.6) is 17.2 Å². The molecule has 0 saturated carbocycles. The molecule has 4 aromatic rings. The van der Waals surface area contributed by atoms with Gasteiger partial charge in [-0.2, -0.15) is 0 Å². The van der Waals surface area contributed by atoms with Crippen molar-refractivity contribution in [1.29, 1.82) is 0 Å². The Labute approximate surface area is 187 Å². The van der Waals surface area contributed by atoms with Crippen molar-refractivity contribution in [2.45, 2.75) is 13.0 Å². The average molecular weight is 445 g/mol. The van der Waals surface area contributed by atoms with Crippen LogP contribution in [0.15, 0.2) is 82.0 Å². The van der Waals surface area contributed by atoms with Crippen LogP contribution in [0.3, 0.4) is 0 Å². The van der Waals surface area contributed by atoms with Gasteiger partial charge >= 0.3 is 11.6 Å². The van der Waals surface area contributed by atoms with Crippen molar-refractivity contribution in [2.75, 3.05) is 0 Å². The molecule has 0 radical (unpaired) electrons. The number of carboxylic acid groups (broad SMARTS) is 1. The number of aromatic hydroxyl groups is 1. The zero-order valence-corrected chi connectivity index (χ0v) is 17.4. The van der Waals surface area contributed by atoms with E-state index in [1.54, 1.807) is 24.3 Å². The smallest absolute Gasteiger partial charge is 0.353 e. The zero-order valence-electron chi connectivity index (χ0n) is 17.4. The van der Waals surface area contributed by atoms with Gasteiger partial charge in [0.25, 0.3) is 5.91 Å². The van der Waals surface area contributed by atoms with Gasteiger partial charge in [-0.3, -0.25) is 9.59 Å². The van der Waals surface area contributed by atoms with E-state index in [9.17, 15) is 19.5 Å². The largest absolute Gasteiger partial charge is 0.506 e. The minimum atomic E-state index is -1.28. The van der Waals surface area contributed by atoms with Crippen molar-refractivity contribution in [3.05, 3.63) is 88.8 Å². The average Bonchev–Trinajstić information content (AvgIpc) is 2.79. The second kappa shape index (κ2) is 8.88. The normalized spacial score (nSPS) is 11.7. The Balaban J connectivity index is 1.63. The lowest BCUT2D eigenvalue weighted by Gasteiger charge is -2.11.